The van der Waals surface area contributed by atoms with Crippen LogP contribution in [0.2, 0.25) is 0 Å². The van der Waals surface area contributed by atoms with Gasteiger partial charge < -0.3 is 10.6 Å². The number of sulfonamides is 1. The van der Waals surface area contributed by atoms with E-state index in [-0.39, 0.29) is 17.9 Å². The molecule has 0 radical (unpaired) electrons. The average molecular weight is 301 g/mol. The summed E-state index contributed by atoms with van der Waals surface area (Å²) >= 11 is 0. The molecular formula is C13H20FN3O2S. The highest BCUT2D eigenvalue weighted by atomic mass is 32.2. The average Bonchev–Trinajstić information content (AvgIpc) is 2.25. The second kappa shape index (κ2) is 5.21. The molecule has 1 aliphatic rings. The zero-order valence-electron chi connectivity index (χ0n) is 11.9. The van der Waals surface area contributed by atoms with Gasteiger partial charge in [-0.3, -0.25) is 0 Å². The number of nitrogen functional groups attached to an aromatic ring is 1. The summed E-state index contributed by atoms with van der Waals surface area (Å²) in [5.41, 5.74) is 6.39. The Labute approximate surface area is 119 Å². The quantitative estimate of drug-likeness (QED) is 0.835. The van der Waals surface area contributed by atoms with Gasteiger partial charge in [-0.25, -0.2) is 12.8 Å². The van der Waals surface area contributed by atoms with E-state index in [4.69, 9.17) is 5.73 Å². The molecule has 112 valence electrons. The van der Waals surface area contributed by atoms with Crippen LogP contribution in [0.15, 0.2) is 18.2 Å². The van der Waals surface area contributed by atoms with Gasteiger partial charge in [0.25, 0.3) is 0 Å². The van der Waals surface area contributed by atoms with Crippen molar-refractivity contribution in [2.45, 2.75) is 25.9 Å². The number of rotatable bonds is 2. The summed E-state index contributed by atoms with van der Waals surface area (Å²) in [4.78, 5) is 1.87. The first kappa shape index (κ1) is 15.1. The maximum atomic E-state index is 14.0. The predicted molar refractivity (Wildman–Crippen MR) is 78.6 cm³/mol. The van der Waals surface area contributed by atoms with E-state index in [1.807, 2.05) is 18.7 Å². The first-order chi connectivity index (χ1) is 9.20. The third-order valence-corrected chi connectivity index (χ3v) is 5.02. The number of nitrogens with zero attached hydrogens (tertiary/aromatic N) is 2. The molecule has 20 heavy (non-hydrogen) atoms. The highest BCUT2D eigenvalue weighted by molar-refractivity contribution is 7.88. The fraction of sp³-hybridized carbons (Fsp3) is 0.538. The maximum Gasteiger partial charge on any atom is 0.211 e. The normalized spacial score (nSPS) is 24.9. The molecule has 1 aliphatic heterocycles. The van der Waals surface area contributed by atoms with Crippen molar-refractivity contribution in [2.75, 3.05) is 30.0 Å². The van der Waals surface area contributed by atoms with Gasteiger partial charge in [-0.05, 0) is 32.0 Å². The molecule has 1 fully saturated rings. The van der Waals surface area contributed by atoms with Crippen molar-refractivity contribution in [1.29, 1.82) is 0 Å². The van der Waals surface area contributed by atoms with Crippen molar-refractivity contribution in [3.63, 3.8) is 0 Å². The van der Waals surface area contributed by atoms with E-state index >= 15 is 0 Å². The Balaban J connectivity index is 2.27. The summed E-state index contributed by atoms with van der Waals surface area (Å²) in [6.45, 7) is 4.58. The van der Waals surface area contributed by atoms with Crippen LogP contribution < -0.4 is 10.6 Å². The Morgan fingerprint density at radius 3 is 2.25 bits per heavy atom. The third kappa shape index (κ3) is 2.88. The number of piperazine rings is 1. The minimum atomic E-state index is -3.25. The zero-order valence-corrected chi connectivity index (χ0v) is 12.7. The Bertz CT molecular complexity index is 594. The fourth-order valence-electron chi connectivity index (χ4n) is 2.94. The largest absolute Gasteiger partial charge is 0.399 e. The summed E-state index contributed by atoms with van der Waals surface area (Å²) in [6, 6.07) is 4.17. The molecule has 1 saturated heterocycles. The predicted octanol–water partition coefficient (Wildman–Crippen LogP) is 1.27. The van der Waals surface area contributed by atoms with Crippen molar-refractivity contribution in [1.82, 2.24) is 4.31 Å². The number of nitrogens with two attached hydrogens (primary N) is 1. The van der Waals surface area contributed by atoms with E-state index in [9.17, 15) is 12.8 Å². The topological polar surface area (TPSA) is 66.6 Å². The second-order valence-electron chi connectivity index (χ2n) is 5.41. The Hall–Kier alpha value is -1.34. The molecule has 0 saturated carbocycles. The number of halogens is 1. The monoisotopic (exact) mass is 301 g/mol. The van der Waals surface area contributed by atoms with E-state index in [1.165, 1.54) is 16.6 Å². The van der Waals surface area contributed by atoms with Crippen LogP contribution in [0.3, 0.4) is 0 Å². The van der Waals surface area contributed by atoms with Gasteiger partial charge in [0.1, 0.15) is 5.82 Å². The van der Waals surface area contributed by atoms with Gasteiger partial charge in [0.05, 0.1) is 11.9 Å². The molecule has 2 N–H and O–H groups in total. The molecule has 2 atom stereocenters. The molecule has 2 unspecified atom stereocenters. The van der Waals surface area contributed by atoms with Crippen LogP contribution in [0.5, 0.6) is 0 Å². The molecule has 1 aromatic carbocycles. The van der Waals surface area contributed by atoms with E-state index in [0.29, 0.717) is 24.5 Å². The van der Waals surface area contributed by atoms with Gasteiger partial charge in [-0.15, -0.1) is 0 Å². The number of hydrogen-bond donors (Lipinski definition) is 1. The molecular weight excluding hydrogens is 281 g/mol. The van der Waals surface area contributed by atoms with E-state index in [1.54, 1.807) is 12.1 Å². The Morgan fingerprint density at radius 2 is 1.80 bits per heavy atom. The fourth-order valence-corrected chi connectivity index (χ4v) is 4.38. The Morgan fingerprint density at radius 1 is 1.25 bits per heavy atom. The molecule has 0 amide bonds. The molecule has 0 bridgehead atoms. The summed E-state index contributed by atoms with van der Waals surface area (Å²) in [5.74, 6) is -0.378. The molecule has 0 aromatic heterocycles. The van der Waals surface area contributed by atoms with E-state index < -0.39 is 10.0 Å². The van der Waals surface area contributed by atoms with Crippen molar-refractivity contribution < 1.29 is 12.8 Å². The molecule has 0 spiro atoms. The molecule has 0 aliphatic carbocycles. The van der Waals surface area contributed by atoms with Gasteiger partial charge >= 0.3 is 0 Å². The maximum absolute atomic E-state index is 14.0. The van der Waals surface area contributed by atoms with Gasteiger partial charge in [0.2, 0.25) is 10.0 Å². The van der Waals surface area contributed by atoms with Crippen molar-refractivity contribution in [2.24, 2.45) is 0 Å². The lowest BCUT2D eigenvalue weighted by Gasteiger charge is -2.43. The first-order valence-corrected chi connectivity index (χ1v) is 8.33. The van der Waals surface area contributed by atoms with E-state index in [0.717, 1.165) is 0 Å². The first-order valence-electron chi connectivity index (χ1n) is 6.48. The third-order valence-electron chi connectivity index (χ3n) is 3.53. The van der Waals surface area contributed by atoms with E-state index in [2.05, 4.69) is 0 Å². The van der Waals surface area contributed by atoms with Crippen LogP contribution >= 0.6 is 0 Å². The lowest BCUT2D eigenvalue weighted by molar-refractivity contribution is 0.242. The van der Waals surface area contributed by atoms with Crippen LogP contribution in [0.1, 0.15) is 13.8 Å². The van der Waals surface area contributed by atoms with Crippen molar-refractivity contribution in [3.05, 3.63) is 24.0 Å². The second-order valence-corrected chi connectivity index (χ2v) is 7.29. The minimum Gasteiger partial charge on any atom is -0.399 e. The van der Waals surface area contributed by atoms with Gasteiger partial charge in [-0.1, -0.05) is 0 Å². The summed E-state index contributed by atoms with van der Waals surface area (Å²) in [5, 5.41) is 0. The van der Waals surface area contributed by atoms with Crippen molar-refractivity contribution >= 4 is 21.4 Å². The van der Waals surface area contributed by atoms with Crippen LogP contribution in [-0.2, 0) is 10.0 Å². The Kier molecular flexibility index (Phi) is 3.93. The summed E-state index contributed by atoms with van der Waals surface area (Å²) in [6.07, 6.45) is 1.21. The molecule has 5 nitrogen and oxygen atoms in total. The van der Waals surface area contributed by atoms with Gasteiger partial charge in [0.15, 0.2) is 0 Å². The highest BCUT2D eigenvalue weighted by Crippen LogP contribution is 2.27. The number of anilines is 2. The highest BCUT2D eigenvalue weighted by Gasteiger charge is 2.35. The summed E-state index contributed by atoms with van der Waals surface area (Å²) < 4.78 is 39.0. The van der Waals surface area contributed by atoms with Crippen molar-refractivity contribution in [3.8, 4) is 0 Å². The summed E-state index contributed by atoms with van der Waals surface area (Å²) in [7, 11) is -3.25. The molecule has 1 aromatic rings. The zero-order chi connectivity index (χ0) is 15.1. The standard InChI is InChI=1S/C13H20FN3O2S/c1-9-7-16(8-10(2)17(9)20(3,18)19)13-5-4-11(15)6-12(13)14/h4-6,9-10H,7-8,15H2,1-3H3. The lowest BCUT2D eigenvalue weighted by atomic mass is 10.1. The van der Waals surface area contributed by atoms with Gasteiger partial charge in [-0.2, -0.15) is 4.31 Å². The smallest absolute Gasteiger partial charge is 0.211 e. The molecule has 2 rings (SSSR count). The number of hydrogen-bond acceptors (Lipinski definition) is 4. The minimum absolute atomic E-state index is 0.203. The van der Waals surface area contributed by atoms with Crippen LogP contribution in [0.25, 0.3) is 0 Å². The molecule has 7 heteroatoms. The van der Waals surface area contributed by atoms with Crippen LogP contribution in [0, 0.1) is 5.82 Å². The van der Waals surface area contributed by atoms with Gasteiger partial charge in [0, 0.05) is 30.9 Å². The SMILES string of the molecule is CC1CN(c2ccc(N)cc2F)CC(C)N1S(C)(=O)=O. The van der Waals surface area contributed by atoms with Crippen LogP contribution in [0.4, 0.5) is 15.8 Å². The van der Waals surface area contributed by atoms with Crippen LogP contribution in [-0.4, -0.2) is 44.2 Å². The lowest BCUT2D eigenvalue weighted by Crippen LogP contribution is -2.58. The number of benzene rings is 1. The molecule has 1 heterocycles.